The molecule has 5 nitrogen and oxygen atoms in total. The highest BCUT2D eigenvalue weighted by molar-refractivity contribution is 8.00. The molecule has 1 amide bonds. The Morgan fingerprint density at radius 1 is 1.12 bits per heavy atom. The van der Waals surface area contributed by atoms with Crippen LogP contribution in [0, 0.1) is 5.92 Å². The maximum atomic E-state index is 12.5. The summed E-state index contributed by atoms with van der Waals surface area (Å²) in [6.07, 6.45) is 8.04. The summed E-state index contributed by atoms with van der Waals surface area (Å²) in [7, 11) is -3.34. The third kappa shape index (κ3) is 9.12. The third-order valence-corrected chi connectivity index (χ3v) is 9.78. The van der Waals surface area contributed by atoms with Crippen LogP contribution in [-0.4, -0.2) is 43.2 Å². The molecule has 2 N–H and O–H groups in total. The highest BCUT2D eigenvalue weighted by Gasteiger charge is 2.33. The number of amides is 1. The molecule has 0 unspecified atom stereocenters. The second-order valence-corrected chi connectivity index (χ2v) is 13.9. The van der Waals surface area contributed by atoms with Gasteiger partial charge in [0, 0.05) is 34.0 Å². The predicted octanol–water partition coefficient (Wildman–Crippen LogP) is 5.23. The van der Waals surface area contributed by atoms with Crippen LogP contribution < -0.4 is 10.0 Å². The molecule has 0 aliphatic heterocycles. The zero-order valence-corrected chi connectivity index (χ0v) is 22.2. The average Bonchev–Trinajstić information content (AvgIpc) is 2.73. The Kier molecular flexibility index (Phi) is 11.1. The zero-order chi connectivity index (χ0) is 23.6. The summed E-state index contributed by atoms with van der Waals surface area (Å²) < 4.78 is 26.7. The molecule has 0 heterocycles. The number of benzene rings is 1. The Morgan fingerprint density at radius 2 is 1.78 bits per heavy atom. The lowest BCUT2D eigenvalue weighted by Gasteiger charge is -2.30. The fourth-order valence-electron chi connectivity index (χ4n) is 3.38. The second kappa shape index (κ2) is 13.1. The normalized spacial score (nSPS) is 19.9. The summed E-state index contributed by atoms with van der Waals surface area (Å²) in [5.41, 5.74) is 0. The predicted molar refractivity (Wildman–Crippen MR) is 138 cm³/mol. The van der Waals surface area contributed by atoms with Crippen LogP contribution in [0.3, 0.4) is 0 Å². The molecule has 0 atom stereocenters. The molecule has 1 fully saturated rings. The van der Waals surface area contributed by atoms with E-state index < -0.39 is 14.8 Å². The molecular weight excluding hydrogens is 460 g/mol. The third-order valence-electron chi connectivity index (χ3n) is 5.50. The largest absolute Gasteiger partial charge is 0.356 e. The van der Waals surface area contributed by atoms with Gasteiger partial charge in [0.15, 0.2) is 0 Å². The van der Waals surface area contributed by atoms with Crippen molar-refractivity contribution in [1.29, 1.82) is 0 Å². The smallest absolute Gasteiger partial charge is 0.223 e. The topological polar surface area (TPSA) is 75.3 Å². The van der Waals surface area contributed by atoms with E-state index in [0.29, 0.717) is 19.4 Å². The van der Waals surface area contributed by atoms with E-state index in [1.165, 1.54) is 9.79 Å². The molecule has 2 rings (SSSR count). The molecule has 0 aromatic heterocycles. The van der Waals surface area contributed by atoms with E-state index in [-0.39, 0.29) is 17.9 Å². The molecule has 1 aromatic carbocycles. The minimum Gasteiger partial charge on any atom is -0.356 e. The summed E-state index contributed by atoms with van der Waals surface area (Å²) in [5, 5.41) is 3.07. The molecule has 0 radical (unpaired) electrons. The van der Waals surface area contributed by atoms with Crippen LogP contribution in [0.15, 0.2) is 46.2 Å². The highest BCUT2D eigenvalue weighted by atomic mass is 32.2. The summed E-state index contributed by atoms with van der Waals surface area (Å²) in [5.74, 6) is 2.05. The molecule has 0 saturated heterocycles. The lowest BCUT2D eigenvalue weighted by atomic mass is 9.86. The molecule has 8 heteroatoms. The average molecular weight is 499 g/mol. The van der Waals surface area contributed by atoms with Crippen LogP contribution in [0.2, 0.25) is 0 Å². The van der Waals surface area contributed by atoms with Crippen LogP contribution in [0.1, 0.15) is 59.8 Å². The fraction of sp³-hybridized carbons (Fsp3) is 0.625. The lowest BCUT2D eigenvalue weighted by Crippen LogP contribution is -2.46. The first kappa shape index (κ1) is 27.3. The Balaban J connectivity index is 1.64. The van der Waals surface area contributed by atoms with Crippen molar-refractivity contribution in [3.8, 4) is 0 Å². The van der Waals surface area contributed by atoms with Crippen LogP contribution in [-0.2, 0) is 14.8 Å². The standard InChI is InChI=1S/C24H38N2O3S3/c1-5-6-16-30-21-9-7-10-22(18-21)31-17-8-15-25-23(27)19-11-13-20(14-12-19)26-32(28,29)24(2,3)4/h5-7,9-10,18-20,26H,8,11-17H2,1-4H3,(H,25,27). The molecule has 0 bridgehead atoms. The Bertz CT molecular complexity index is 855. The Hall–Kier alpha value is -0.960. The van der Waals surface area contributed by atoms with E-state index in [2.05, 4.69) is 46.5 Å². The summed E-state index contributed by atoms with van der Waals surface area (Å²) in [6.45, 7) is 7.82. The minimum atomic E-state index is -3.34. The van der Waals surface area contributed by atoms with Crippen LogP contribution >= 0.6 is 23.5 Å². The van der Waals surface area contributed by atoms with Gasteiger partial charge >= 0.3 is 0 Å². The van der Waals surface area contributed by atoms with E-state index in [1.807, 2.05) is 30.4 Å². The first-order valence-electron chi connectivity index (χ1n) is 11.4. The number of thioether (sulfide) groups is 2. The summed E-state index contributed by atoms with van der Waals surface area (Å²) in [6, 6.07) is 8.53. The van der Waals surface area contributed by atoms with Gasteiger partial charge in [-0.25, -0.2) is 13.1 Å². The Morgan fingerprint density at radius 3 is 2.41 bits per heavy atom. The fourth-order valence-corrected chi connectivity index (χ4v) is 6.26. The zero-order valence-electron chi connectivity index (χ0n) is 19.7. The van der Waals surface area contributed by atoms with Crippen molar-refractivity contribution in [2.24, 2.45) is 5.92 Å². The van der Waals surface area contributed by atoms with E-state index in [4.69, 9.17) is 0 Å². The first-order chi connectivity index (χ1) is 15.1. The van der Waals surface area contributed by atoms with Crippen molar-refractivity contribution < 1.29 is 13.2 Å². The molecule has 32 heavy (non-hydrogen) atoms. The van der Waals surface area contributed by atoms with Crippen LogP contribution in [0.4, 0.5) is 0 Å². The van der Waals surface area contributed by atoms with Crippen molar-refractivity contribution in [2.45, 2.75) is 80.4 Å². The van der Waals surface area contributed by atoms with Gasteiger partial charge in [0.25, 0.3) is 0 Å². The van der Waals surface area contributed by atoms with Gasteiger partial charge in [0.1, 0.15) is 0 Å². The van der Waals surface area contributed by atoms with E-state index >= 15 is 0 Å². The van der Waals surface area contributed by atoms with E-state index in [1.54, 1.807) is 20.8 Å². The Labute approximate surface area is 203 Å². The number of hydrogen-bond donors (Lipinski definition) is 2. The van der Waals surface area contributed by atoms with Gasteiger partial charge in [-0.15, -0.1) is 23.5 Å². The van der Waals surface area contributed by atoms with Gasteiger partial charge in [-0.2, -0.15) is 0 Å². The van der Waals surface area contributed by atoms with Crippen molar-refractivity contribution in [3.63, 3.8) is 0 Å². The van der Waals surface area contributed by atoms with Crippen molar-refractivity contribution >= 4 is 39.5 Å². The molecular formula is C24H38N2O3S3. The van der Waals surface area contributed by atoms with Gasteiger partial charge in [-0.1, -0.05) is 18.2 Å². The SMILES string of the molecule is CC=CCSc1cccc(SCCCNC(=O)C2CCC(NS(=O)(=O)C(C)(C)C)CC2)c1. The number of carbonyl (C=O) groups is 1. The second-order valence-electron chi connectivity index (χ2n) is 9.13. The summed E-state index contributed by atoms with van der Waals surface area (Å²) in [4.78, 5) is 15.0. The highest BCUT2D eigenvalue weighted by Crippen LogP contribution is 2.27. The van der Waals surface area contributed by atoms with Gasteiger partial charge in [-0.3, -0.25) is 4.79 Å². The number of sulfonamides is 1. The maximum absolute atomic E-state index is 12.5. The number of nitrogens with one attached hydrogen (secondary N) is 2. The van der Waals surface area contributed by atoms with E-state index in [9.17, 15) is 13.2 Å². The number of rotatable bonds is 11. The van der Waals surface area contributed by atoms with E-state index in [0.717, 1.165) is 30.8 Å². The number of carbonyl (C=O) groups excluding carboxylic acids is 1. The molecule has 180 valence electrons. The number of allylic oxidation sites excluding steroid dienone is 1. The van der Waals surface area contributed by atoms with Gasteiger partial charge < -0.3 is 5.32 Å². The minimum absolute atomic E-state index is 0.0103. The van der Waals surface area contributed by atoms with Gasteiger partial charge in [0.05, 0.1) is 4.75 Å². The van der Waals surface area contributed by atoms with Crippen molar-refractivity contribution in [1.82, 2.24) is 10.0 Å². The van der Waals surface area contributed by atoms with Crippen LogP contribution in [0.5, 0.6) is 0 Å². The van der Waals surface area contributed by atoms with Crippen LogP contribution in [0.25, 0.3) is 0 Å². The van der Waals surface area contributed by atoms with Gasteiger partial charge in [0.2, 0.25) is 15.9 Å². The van der Waals surface area contributed by atoms with Crippen molar-refractivity contribution in [3.05, 3.63) is 36.4 Å². The first-order valence-corrected chi connectivity index (χ1v) is 14.8. The molecule has 1 aromatic rings. The quantitative estimate of drug-likeness (QED) is 0.248. The number of hydrogen-bond acceptors (Lipinski definition) is 5. The lowest BCUT2D eigenvalue weighted by molar-refractivity contribution is -0.126. The van der Waals surface area contributed by atoms with Gasteiger partial charge in [-0.05, 0) is 83.8 Å². The van der Waals surface area contributed by atoms with Crippen molar-refractivity contribution in [2.75, 3.05) is 18.1 Å². The monoisotopic (exact) mass is 498 g/mol. The molecule has 0 spiro atoms. The molecule has 1 aliphatic rings. The summed E-state index contributed by atoms with van der Waals surface area (Å²) >= 11 is 3.65. The maximum Gasteiger partial charge on any atom is 0.223 e. The molecule has 1 aliphatic carbocycles. The molecule has 1 saturated carbocycles.